The van der Waals surface area contributed by atoms with Crippen LogP contribution in [-0.2, 0) is 6.42 Å². The minimum absolute atomic E-state index is 0.0922. The van der Waals surface area contributed by atoms with Crippen LogP contribution < -0.4 is 4.74 Å². The largest absolute Gasteiger partial charge is 0.440 e. The van der Waals surface area contributed by atoms with Gasteiger partial charge in [0.1, 0.15) is 5.75 Å². The van der Waals surface area contributed by atoms with E-state index in [1.807, 2.05) is 6.92 Å². The molecule has 0 amide bonds. The predicted octanol–water partition coefficient (Wildman–Crippen LogP) is 4.87. The molecule has 0 saturated carbocycles. The topological polar surface area (TPSA) is 69.4 Å². The molecule has 5 nitrogen and oxygen atoms in total. The van der Waals surface area contributed by atoms with Gasteiger partial charge < -0.3 is 4.74 Å². The van der Waals surface area contributed by atoms with Crippen LogP contribution in [0, 0.1) is 10.1 Å². The summed E-state index contributed by atoms with van der Waals surface area (Å²) in [5.74, 6) is 0.222. The van der Waals surface area contributed by atoms with Crippen LogP contribution in [0.2, 0.25) is 5.02 Å². The fourth-order valence-corrected chi connectivity index (χ4v) is 2.87. The normalized spacial score (nSPS) is 10.4. The molecule has 110 valence electrons. The highest BCUT2D eigenvalue weighted by atomic mass is 35.5. The summed E-state index contributed by atoms with van der Waals surface area (Å²) < 4.78 is 5.57. The third-order valence-corrected chi connectivity index (χ3v) is 4.30. The third-order valence-electron chi connectivity index (χ3n) is 2.83. The number of carbonyl (C=O) groups is 1. The van der Waals surface area contributed by atoms with Crippen molar-refractivity contribution in [2.45, 2.75) is 20.3 Å². The summed E-state index contributed by atoms with van der Waals surface area (Å²) in [5.41, 5.74) is 0.679. The van der Waals surface area contributed by atoms with E-state index in [-0.39, 0.29) is 16.5 Å². The lowest BCUT2D eigenvalue weighted by atomic mass is 10.1. The molecule has 0 bridgehead atoms. The Morgan fingerprint density at radius 1 is 1.43 bits per heavy atom. The summed E-state index contributed by atoms with van der Waals surface area (Å²) in [7, 11) is 0. The zero-order chi connectivity index (χ0) is 15.6. The molecular formula is C14H12ClNO4S. The number of Topliss-reactive ketones (excluding diaryl/α,β-unsaturated/α-hetero) is 1. The molecule has 2 aromatic rings. The summed E-state index contributed by atoms with van der Waals surface area (Å²) in [6.45, 7) is 3.31. The maximum Gasteiger partial charge on any atom is 0.323 e. The first-order chi connectivity index (χ1) is 9.92. The first kappa shape index (κ1) is 15.5. The van der Waals surface area contributed by atoms with Crippen LogP contribution in [0.3, 0.4) is 0 Å². The number of nitro groups is 1. The van der Waals surface area contributed by atoms with Gasteiger partial charge in [-0.15, -0.1) is 0 Å². The predicted molar refractivity (Wildman–Crippen MR) is 81.9 cm³/mol. The maximum atomic E-state index is 11.3. The molecular weight excluding hydrogens is 314 g/mol. The second-order valence-electron chi connectivity index (χ2n) is 4.31. The van der Waals surface area contributed by atoms with Gasteiger partial charge in [0.05, 0.1) is 9.80 Å². The van der Waals surface area contributed by atoms with E-state index in [1.54, 1.807) is 18.2 Å². The standard InChI is InChI=1S/C14H12ClNO4S/c1-3-9-6-10(4-5-11(9)15)20-14-12(16(18)19)7-13(21-14)8(2)17/h4-7H,3H2,1-2H3. The van der Waals surface area contributed by atoms with E-state index in [9.17, 15) is 14.9 Å². The van der Waals surface area contributed by atoms with Gasteiger partial charge in [0.2, 0.25) is 0 Å². The highest BCUT2D eigenvalue weighted by Gasteiger charge is 2.23. The lowest BCUT2D eigenvalue weighted by Crippen LogP contribution is -1.90. The molecule has 0 fully saturated rings. The number of halogens is 1. The van der Waals surface area contributed by atoms with Gasteiger partial charge in [-0.3, -0.25) is 14.9 Å². The Morgan fingerprint density at radius 3 is 2.71 bits per heavy atom. The van der Waals surface area contributed by atoms with Gasteiger partial charge in [0.25, 0.3) is 5.06 Å². The van der Waals surface area contributed by atoms with Crippen LogP contribution in [0.4, 0.5) is 5.69 Å². The van der Waals surface area contributed by atoms with Crippen molar-refractivity contribution in [3.05, 3.63) is 49.8 Å². The molecule has 0 atom stereocenters. The molecule has 0 aliphatic carbocycles. The van der Waals surface area contributed by atoms with Gasteiger partial charge in [-0.2, -0.15) is 0 Å². The average molecular weight is 326 g/mol. The Bertz CT molecular complexity index is 711. The lowest BCUT2D eigenvalue weighted by Gasteiger charge is -2.06. The van der Waals surface area contributed by atoms with E-state index in [4.69, 9.17) is 16.3 Å². The molecule has 0 unspecified atom stereocenters. The van der Waals surface area contributed by atoms with Crippen molar-refractivity contribution in [3.8, 4) is 10.8 Å². The minimum Gasteiger partial charge on any atom is -0.440 e. The SMILES string of the molecule is CCc1cc(Oc2sc(C(C)=O)cc2[N+](=O)[O-])ccc1Cl. The van der Waals surface area contributed by atoms with Gasteiger partial charge in [0.15, 0.2) is 5.78 Å². The number of rotatable bonds is 5. The van der Waals surface area contributed by atoms with Crippen molar-refractivity contribution < 1.29 is 14.5 Å². The Hall–Kier alpha value is -1.92. The zero-order valence-electron chi connectivity index (χ0n) is 11.4. The first-order valence-corrected chi connectivity index (χ1v) is 7.37. The van der Waals surface area contributed by atoms with Crippen LogP contribution in [0.1, 0.15) is 29.1 Å². The molecule has 0 aliphatic rings. The van der Waals surface area contributed by atoms with Crippen LogP contribution in [0.5, 0.6) is 10.8 Å². The Balaban J connectivity index is 2.38. The number of ketones is 1. The van der Waals surface area contributed by atoms with Gasteiger partial charge >= 0.3 is 5.69 Å². The van der Waals surface area contributed by atoms with Crippen molar-refractivity contribution in [1.29, 1.82) is 0 Å². The second-order valence-corrected chi connectivity index (χ2v) is 5.73. The molecule has 1 heterocycles. The fraction of sp³-hybridized carbons (Fsp3) is 0.214. The van der Waals surface area contributed by atoms with Crippen molar-refractivity contribution in [3.63, 3.8) is 0 Å². The molecule has 21 heavy (non-hydrogen) atoms. The number of hydrogen-bond donors (Lipinski definition) is 0. The molecule has 2 rings (SSSR count). The number of nitrogens with zero attached hydrogens (tertiary/aromatic N) is 1. The first-order valence-electron chi connectivity index (χ1n) is 6.17. The average Bonchev–Trinajstić information content (AvgIpc) is 2.85. The number of benzene rings is 1. The molecule has 1 aromatic carbocycles. The molecule has 0 aliphatic heterocycles. The second kappa shape index (κ2) is 6.24. The van der Waals surface area contributed by atoms with Crippen molar-refractivity contribution in [2.24, 2.45) is 0 Å². The number of carbonyl (C=O) groups excluding carboxylic acids is 1. The van der Waals surface area contributed by atoms with Gasteiger partial charge in [0, 0.05) is 11.1 Å². The van der Waals surface area contributed by atoms with Gasteiger partial charge in [-0.25, -0.2) is 0 Å². The third kappa shape index (κ3) is 3.40. The summed E-state index contributed by atoms with van der Waals surface area (Å²) in [6.07, 6.45) is 0.723. The lowest BCUT2D eigenvalue weighted by molar-refractivity contribution is -0.385. The number of aryl methyl sites for hydroxylation is 1. The quantitative estimate of drug-likeness (QED) is 0.447. The number of ether oxygens (including phenoxy) is 1. The number of thiophene rings is 1. The Labute approximate surface area is 130 Å². The monoisotopic (exact) mass is 325 g/mol. The van der Waals surface area contributed by atoms with E-state index in [2.05, 4.69) is 0 Å². The molecule has 1 aromatic heterocycles. The van der Waals surface area contributed by atoms with E-state index >= 15 is 0 Å². The van der Waals surface area contributed by atoms with Crippen molar-refractivity contribution in [1.82, 2.24) is 0 Å². The fourth-order valence-electron chi connectivity index (χ4n) is 1.73. The molecule has 0 radical (unpaired) electrons. The van der Waals surface area contributed by atoms with E-state index < -0.39 is 4.92 Å². The summed E-state index contributed by atoms with van der Waals surface area (Å²) in [5, 5.41) is 11.7. The van der Waals surface area contributed by atoms with Gasteiger partial charge in [-0.05, 0) is 37.1 Å². The number of hydrogen-bond acceptors (Lipinski definition) is 5. The van der Waals surface area contributed by atoms with Crippen LogP contribution in [0.25, 0.3) is 0 Å². The van der Waals surface area contributed by atoms with E-state index in [0.29, 0.717) is 15.6 Å². The molecule has 0 spiro atoms. The summed E-state index contributed by atoms with van der Waals surface area (Å²) in [4.78, 5) is 22.1. The smallest absolute Gasteiger partial charge is 0.323 e. The molecule has 0 saturated heterocycles. The Morgan fingerprint density at radius 2 is 2.14 bits per heavy atom. The van der Waals surface area contributed by atoms with Crippen LogP contribution in [-0.4, -0.2) is 10.7 Å². The van der Waals surface area contributed by atoms with E-state index in [1.165, 1.54) is 13.0 Å². The maximum absolute atomic E-state index is 11.3. The molecule has 7 heteroatoms. The van der Waals surface area contributed by atoms with Crippen LogP contribution >= 0.6 is 22.9 Å². The zero-order valence-corrected chi connectivity index (χ0v) is 13.0. The summed E-state index contributed by atoms with van der Waals surface area (Å²) in [6, 6.07) is 6.29. The van der Waals surface area contributed by atoms with Crippen molar-refractivity contribution >= 4 is 34.4 Å². The van der Waals surface area contributed by atoms with Crippen molar-refractivity contribution in [2.75, 3.05) is 0 Å². The minimum atomic E-state index is -0.561. The highest BCUT2D eigenvalue weighted by Crippen LogP contribution is 2.40. The Kier molecular flexibility index (Phi) is 4.59. The van der Waals surface area contributed by atoms with E-state index in [0.717, 1.165) is 23.3 Å². The van der Waals surface area contributed by atoms with Crippen LogP contribution in [0.15, 0.2) is 24.3 Å². The molecule has 0 N–H and O–H groups in total. The highest BCUT2D eigenvalue weighted by molar-refractivity contribution is 7.16. The summed E-state index contributed by atoms with van der Waals surface area (Å²) >= 11 is 6.98. The van der Waals surface area contributed by atoms with Gasteiger partial charge in [-0.1, -0.05) is 29.9 Å².